The average Bonchev–Trinajstić information content (AvgIpc) is 2.44. The Morgan fingerprint density at radius 2 is 1.88 bits per heavy atom. The first-order valence-corrected chi connectivity index (χ1v) is 8.33. The molecule has 0 fully saturated rings. The number of rotatable bonds is 3. The van der Waals surface area contributed by atoms with Gasteiger partial charge in [-0.25, -0.2) is 22.0 Å². The highest BCUT2D eigenvalue weighted by molar-refractivity contribution is 7.94. The number of sulfonamides is 1. The molecule has 0 spiro atoms. The van der Waals surface area contributed by atoms with Crippen molar-refractivity contribution in [3.05, 3.63) is 11.6 Å². The summed E-state index contributed by atoms with van der Waals surface area (Å²) in [6.45, 7) is 1.35. The lowest BCUT2D eigenvalue weighted by atomic mass is 10.2. The molecule has 0 bridgehead atoms. The van der Waals surface area contributed by atoms with Gasteiger partial charge in [-0.3, -0.25) is 0 Å². The largest absolute Gasteiger partial charge is 0.389 e. The van der Waals surface area contributed by atoms with Crippen LogP contribution >= 0.6 is 11.3 Å². The number of aliphatic hydroxyl groups excluding tert-OH is 1. The van der Waals surface area contributed by atoms with Crippen LogP contribution in [-0.4, -0.2) is 28.2 Å². The number of sulfone groups is 1. The predicted molar refractivity (Wildman–Crippen MR) is 59.4 cm³/mol. The van der Waals surface area contributed by atoms with Gasteiger partial charge >= 0.3 is 0 Å². The van der Waals surface area contributed by atoms with E-state index in [-0.39, 0.29) is 14.0 Å². The van der Waals surface area contributed by atoms with Gasteiger partial charge in [-0.2, -0.15) is 0 Å². The lowest BCUT2D eigenvalue weighted by Crippen LogP contribution is -2.10. The van der Waals surface area contributed by atoms with Gasteiger partial charge in [0, 0.05) is 11.8 Å². The molecule has 0 aliphatic carbocycles. The Balaban J connectivity index is 3.57. The number of primary sulfonamides is 1. The summed E-state index contributed by atoms with van der Waals surface area (Å²) in [5, 5.41) is 14.2. The van der Waals surface area contributed by atoms with E-state index >= 15 is 0 Å². The maximum atomic E-state index is 11.4. The van der Waals surface area contributed by atoms with Crippen LogP contribution in [0.1, 0.15) is 18.6 Å². The molecule has 1 atom stereocenters. The van der Waals surface area contributed by atoms with Gasteiger partial charge in [0.25, 0.3) is 0 Å². The molecule has 16 heavy (non-hydrogen) atoms. The third-order valence-electron chi connectivity index (χ3n) is 1.77. The van der Waals surface area contributed by atoms with Crippen molar-refractivity contribution in [2.45, 2.75) is 21.4 Å². The Labute approximate surface area is 97.7 Å². The maximum absolute atomic E-state index is 11.4. The second-order valence-electron chi connectivity index (χ2n) is 3.30. The van der Waals surface area contributed by atoms with Crippen LogP contribution in [-0.2, 0) is 19.9 Å². The highest BCUT2D eigenvalue weighted by Gasteiger charge is 2.24. The Morgan fingerprint density at radius 3 is 2.12 bits per heavy atom. The van der Waals surface area contributed by atoms with Crippen molar-refractivity contribution in [3.8, 4) is 0 Å². The van der Waals surface area contributed by atoms with E-state index in [4.69, 9.17) is 5.14 Å². The van der Waals surface area contributed by atoms with E-state index in [0.717, 1.165) is 12.3 Å². The Morgan fingerprint density at radius 1 is 1.38 bits per heavy atom. The Hall–Kier alpha value is -0.480. The van der Waals surface area contributed by atoms with Gasteiger partial charge in [0.1, 0.15) is 8.42 Å². The molecule has 0 aliphatic heterocycles. The van der Waals surface area contributed by atoms with Crippen LogP contribution in [0, 0.1) is 0 Å². The zero-order valence-corrected chi connectivity index (χ0v) is 11.0. The lowest BCUT2D eigenvalue weighted by molar-refractivity contribution is 0.197. The molecule has 0 amide bonds. The van der Waals surface area contributed by atoms with E-state index in [9.17, 15) is 21.9 Å². The number of aliphatic hydroxyl groups is 1. The van der Waals surface area contributed by atoms with E-state index in [2.05, 4.69) is 0 Å². The fourth-order valence-electron chi connectivity index (χ4n) is 1.09. The second-order valence-corrected chi connectivity index (χ2v) is 8.35. The summed E-state index contributed by atoms with van der Waals surface area (Å²) in [7, 11) is -7.53. The molecule has 0 aliphatic rings. The average molecular weight is 285 g/mol. The third-order valence-corrected chi connectivity index (χ3v) is 6.20. The predicted octanol–water partition coefficient (Wildman–Crippen LogP) is -0.148. The van der Waals surface area contributed by atoms with Crippen LogP contribution in [0.25, 0.3) is 0 Å². The lowest BCUT2D eigenvalue weighted by Gasteiger charge is -2.03. The molecule has 1 heterocycles. The number of hydrogen-bond acceptors (Lipinski definition) is 6. The highest BCUT2D eigenvalue weighted by Crippen LogP contribution is 2.33. The fraction of sp³-hybridized carbons (Fsp3) is 0.429. The molecule has 1 rings (SSSR count). The summed E-state index contributed by atoms with van der Waals surface area (Å²) >= 11 is 0.541. The first-order chi connectivity index (χ1) is 7.03. The van der Waals surface area contributed by atoms with E-state index in [1.807, 2.05) is 0 Å². The highest BCUT2D eigenvalue weighted by atomic mass is 32.3. The zero-order valence-electron chi connectivity index (χ0n) is 8.54. The monoisotopic (exact) mass is 285 g/mol. The zero-order chi connectivity index (χ0) is 12.7. The van der Waals surface area contributed by atoms with Crippen LogP contribution in [0.2, 0.25) is 0 Å². The van der Waals surface area contributed by atoms with Gasteiger partial charge < -0.3 is 5.11 Å². The molecule has 0 saturated heterocycles. The molecular weight excluding hydrogens is 274 g/mol. The molecule has 0 saturated carbocycles. The van der Waals surface area contributed by atoms with Gasteiger partial charge in [-0.1, -0.05) is 0 Å². The quantitative estimate of drug-likeness (QED) is 0.801. The minimum Gasteiger partial charge on any atom is -0.389 e. The Bertz CT molecular complexity index is 596. The summed E-state index contributed by atoms with van der Waals surface area (Å²) in [5.74, 6) is 0. The van der Waals surface area contributed by atoms with Crippen molar-refractivity contribution in [2.24, 2.45) is 5.14 Å². The standard InChI is InChI=1S/C7H11NO5S3/c1-4(9)5-3-6(16(8,12)13)14-7(5)15(2,10)11/h3-4,9H,1-2H3,(H2,8,12,13). The summed E-state index contributed by atoms with van der Waals surface area (Å²) in [6.07, 6.45) is -0.131. The minimum atomic E-state index is -3.96. The SMILES string of the molecule is CC(O)c1cc(S(N)(=O)=O)sc1S(C)(=O)=O. The molecule has 1 aromatic heterocycles. The van der Waals surface area contributed by atoms with Gasteiger partial charge in [-0.05, 0) is 13.0 Å². The van der Waals surface area contributed by atoms with E-state index < -0.39 is 26.0 Å². The Kier molecular flexibility index (Phi) is 3.46. The molecule has 3 N–H and O–H groups in total. The molecule has 9 heteroatoms. The van der Waals surface area contributed by atoms with Crippen LogP contribution in [0.4, 0.5) is 0 Å². The molecule has 92 valence electrons. The van der Waals surface area contributed by atoms with Crippen LogP contribution < -0.4 is 5.14 Å². The van der Waals surface area contributed by atoms with Crippen molar-refractivity contribution in [1.29, 1.82) is 0 Å². The van der Waals surface area contributed by atoms with Gasteiger partial charge in [0.15, 0.2) is 9.84 Å². The van der Waals surface area contributed by atoms with E-state index in [0.29, 0.717) is 11.3 Å². The molecular formula is C7H11NO5S3. The fourth-order valence-corrected chi connectivity index (χ4v) is 4.50. The number of hydrogen-bond donors (Lipinski definition) is 2. The first kappa shape index (κ1) is 13.6. The number of thiophene rings is 1. The molecule has 6 nitrogen and oxygen atoms in total. The van der Waals surface area contributed by atoms with Crippen LogP contribution in [0.15, 0.2) is 14.5 Å². The minimum absolute atomic E-state index is 0.0523. The third kappa shape index (κ3) is 2.80. The summed E-state index contributed by atoms with van der Waals surface area (Å²) in [6, 6.07) is 1.08. The van der Waals surface area contributed by atoms with Crippen molar-refractivity contribution < 1.29 is 21.9 Å². The molecule has 1 unspecified atom stereocenters. The first-order valence-electron chi connectivity index (χ1n) is 4.08. The van der Waals surface area contributed by atoms with E-state index in [1.54, 1.807) is 0 Å². The topological polar surface area (TPSA) is 115 Å². The van der Waals surface area contributed by atoms with Crippen molar-refractivity contribution >= 4 is 31.2 Å². The normalized spacial score (nSPS) is 15.0. The molecule has 1 aromatic rings. The summed E-state index contributed by atoms with van der Waals surface area (Å²) in [5.41, 5.74) is 0.0523. The molecule has 0 radical (unpaired) electrons. The van der Waals surface area contributed by atoms with Gasteiger partial charge in [0.05, 0.1) is 6.10 Å². The van der Waals surface area contributed by atoms with E-state index in [1.165, 1.54) is 6.92 Å². The molecule has 0 aromatic carbocycles. The summed E-state index contributed by atoms with van der Waals surface area (Å²) < 4.78 is 44.4. The maximum Gasteiger partial charge on any atom is 0.247 e. The summed E-state index contributed by atoms with van der Waals surface area (Å²) in [4.78, 5) is 0. The van der Waals surface area contributed by atoms with Gasteiger partial charge in [-0.15, -0.1) is 11.3 Å². The second kappa shape index (κ2) is 4.08. The van der Waals surface area contributed by atoms with Crippen molar-refractivity contribution in [3.63, 3.8) is 0 Å². The smallest absolute Gasteiger partial charge is 0.247 e. The van der Waals surface area contributed by atoms with Crippen LogP contribution in [0.3, 0.4) is 0 Å². The number of nitrogens with two attached hydrogens (primary N) is 1. The van der Waals surface area contributed by atoms with Crippen molar-refractivity contribution in [1.82, 2.24) is 0 Å². The van der Waals surface area contributed by atoms with Crippen molar-refractivity contribution in [2.75, 3.05) is 6.26 Å². The van der Waals surface area contributed by atoms with Gasteiger partial charge in [0.2, 0.25) is 10.0 Å². The van der Waals surface area contributed by atoms with Crippen LogP contribution in [0.5, 0.6) is 0 Å².